The summed E-state index contributed by atoms with van der Waals surface area (Å²) in [7, 11) is 0.366. The molecule has 0 spiro atoms. The Balaban J connectivity index is 0. The fourth-order valence-electron chi connectivity index (χ4n) is 6.02. The molecule has 0 aromatic rings. The molecule has 0 saturated heterocycles. The van der Waals surface area contributed by atoms with Crippen molar-refractivity contribution in [3.05, 3.63) is 0 Å². The number of rotatable bonds is 35. The summed E-state index contributed by atoms with van der Waals surface area (Å²) in [5.41, 5.74) is 5.47. The zero-order valence-corrected chi connectivity index (χ0v) is 31.4. The van der Waals surface area contributed by atoms with Gasteiger partial charge in [0.25, 0.3) is 0 Å². The highest BCUT2D eigenvalue weighted by Crippen LogP contribution is 2.39. The Kier molecular flexibility index (Phi) is 46.1. The van der Waals surface area contributed by atoms with Crippen LogP contribution < -0.4 is 5.73 Å². The van der Waals surface area contributed by atoms with E-state index in [0.717, 1.165) is 6.54 Å². The van der Waals surface area contributed by atoms with Gasteiger partial charge in [0.2, 0.25) is 0 Å². The molecule has 1 nitrogen and oxygen atoms in total. The van der Waals surface area contributed by atoms with Gasteiger partial charge in [-0.1, -0.05) is 207 Å². The normalized spacial score (nSPS) is 11.3. The van der Waals surface area contributed by atoms with Crippen molar-refractivity contribution in [3.8, 4) is 0 Å². The van der Waals surface area contributed by atoms with Crippen molar-refractivity contribution in [2.24, 2.45) is 5.73 Å². The van der Waals surface area contributed by atoms with Crippen molar-refractivity contribution < 1.29 is 0 Å². The average Bonchev–Trinajstić information content (AvgIpc) is 3.00. The van der Waals surface area contributed by atoms with Gasteiger partial charge in [0.1, 0.15) is 0 Å². The smallest absolute Gasteiger partial charge is 0.00773 e. The van der Waals surface area contributed by atoms with Crippen molar-refractivity contribution in [1.29, 1.82) is 0 Å². The van der Waals surface area contributed by atoms with Gasteiger partial charge < -0.3 is 5.73 Å². The van der Waals surface area contributed by atoms with Gasteiger partial charge in [0, 0.05) is 0 Å². The molecule has 0 amide bonds. The van der Waals surface area contributed by atoms with Crippen LogP contribution in [0.5, 0.6) is 0 Å². The first-order chi connectivity index (χ1) is 20.8. The first kappa shape index (κ1) is 44.5. The van der Waals surface area contributed by atoms with Crippen LogP contribution in [0, 0.1) is 0 Å². The Morgan fingerprint density at radius 3 is 0.667 bits per heavy atom. The van der Waals surface area contributed by atoms with E-state index in [1.165, 1.54) is 205 Å². The Hall–Kier alpha value is 0.390. The molecule has 0 aliphatic rings. The second-order valence-corrected chi connectivity index (χ2v) is 16.2. The van der Waals surface area contributed by atoms with E-state index in [4.69, 9.17) is 5.73 Å². The minimum atomic E-state index is 0.366. The summed E-state index contributed by atoms with van der Waals surface area (Å²) in [5, 5.41) is 0. The second-order valence-electron chi connectivity index (χ2n) is 13.5. The summed E-state index contributed by atoms with van der Waals surface area (Å²) >= 11 is 0. The van der Waals surface area contributed by atoms with E-state index in [9.17, 15) is 0 Å². The van der Waals surface area contributed by atoms with Crippen LogP contribution in [-0.4, -0.2) is 25.0 Å². The molecular formula is C40H86NP. The molecule has 2 heteroatoms. The molecule has 0 unspecified atom stereocenters. The highest BCUT2D eigenvalue weighted by atomic mass is 31.1. The Morgan fingerprint density at radius 1 is 0.262 bits per heavy atom. The molecular weight excluding hydrogens is 525 g/mol. The molecule has 0 fully saturated rings. The van der Waals surface area contributed by atoms with Crippen molar-refractivity contribution >= 4 is 7.92 Å². The lowest BCUT2D eigenvalue weighted by atomic mass is 10.0. The van der Waals surface area contributed by atoms with E-state index >= 15 is 0 Å². The molecule has 0 atom stereocenters. The summed E-state index contributed by atoms with van der Waals surface area (Å²) in [6.45, 7) is 10.1. The molecule has 0 heterocycles. The van der Waals surface area contributed by atoms with E-state index in [1.54, 1.807) is 18.5 Å². The molecule has 2 N–H and O–H groups in total. The SMILES string of the molecule is CCCCCCCCCCCCCCCCN.CCCCCCCCP(CCCCCCCC)CCCCCCCC. The number of hydrogen-bond acceptors (Lipinski definition) is 1. The van der Waals surface area contributed by atoms with Gasteiger partial charge in [-0.05, 0) is 50.7 Å². The Labute approximate surface area is 271 Å². The molecule has 0 aliphatic carbocycles. The van der Waals surface area contributed by atoms with Crippen molar-refractivity contribution in [2.45, 2.75) is 233 Å². The second kappa shape index (κ2) is 43.5. The van der Waals surface area contributed by atoms with E-state index in [2.05, 4.69) is 27.7 Å². The topological polar surface area (TPSA) is 26.0 Å². The van der Waals surface area contributed by atoms with Crippen LogP contribution in [-0.2, 0) is 0 Å². The van der Waals surface area contributed by atoms with Crippen molar-refractivity contribution in [1.82, 2.24) is 0 Å². The van der Waals surface area contributed by atoms with Crippen molar-refractivity contribution in [2.75, 3.05) is 25.0 Å². The summed E-state index contributed by atoms with van der Waals surface area (Å²) in [5.74, 6) is 0. The summed E-state index contributed by atoms with van der Waals surface area (Å²) in [6, 6.07) is 0. The van der Waals surface area contributed by atoms with Crippen LogP contribution >= 0.6 is 7.92 Å². The molecule has 42 heavy (non-hydrogen) atoms. The fraction of sp³-hybridized carbons (Fsp3) is 1.00. The van der Waals surface area contributed by atoms with Crippen LogP contribution in [0.15, 0.2) is 0 Å². The van der Waals surface area contributed by atoms with Gasteiger partial charge in [0.15, 0.2) is 0 Å². The molecule has 0 bridgehead atoms. The van der Waals surface area contributed by atoms with Gasteiger partial charge in [0.05, 0.1) is 0 Å². The number of hydrogen-bond donors (Lipinski definition) is 1. The number of nitrogens with two attached hydrogens (primary N) is 1. The lowest BCUT2D eigenvalue weighted by Crippen LogP contribution is -1.97. The maximum atomic E-state index is 5.47. The minimum absolute atomic E-state index is 0.366. The molecule has 0 radical (unpaired) electrons. The quantitative estimate of drug-likeness (QED) is 0.0560. The Bertz CT molecular complexity index is 374. The maximum absolute atomic E-state index is 5.47. The largest absolute Gasteiger partial charge is 0.330 e. The molecule has 0 aliphatic heterocycles. The zero-order valence-electron chi connectivity index (χ0n) is 30.5. The first-order valence-corrected chi connectivity index (χ1v) is 22.1. The van der Waals surface area contributed by atoms with Crippen LogP contribution in [0.2, 0.25) is 0 Å². The van der Waals surface area contributed by atoms with Gasteiger partial charge >= 0.3 is 0 Å². The third-order valence-corrected chi connectivity index (χ3v) is 11.9. The van der Waals surface area contributed by atoms with E-state index < -0.39 is 0 Å². The maximum Gasteiger partial charge on any atom is -0.00773 e. The minimum Gasteiger partial charge on any atom is -0.330 e. The molecule has 0 saturated carbocycles. The lowest BCUT2D eigenvalue weighted by Gasteiger charge is -2.18. The fourth-order valence-corrected chi connectivity index (χ4v) is 8.70. The molecule has 0 aromatic heterocycles. The molecule has 0 aromatic carbocycles. The summed E-state index contributed by atoms with van der Waals surface area (Å²) in [6.07, 6.45) is 51.1. The van der Waals surface area contributed by atoms with E-state index in [1.807, 2.05) is 0 Å². The highest BCUT2D eigenvalue weighted by Gasteiger charge is 2.08. The molecule has 0 rings (SSSR count). The van der Waals surface area contributed by atoms with Crippen molar-refractivity contribution in [3.63, 3.8) is 0 Å². The number of unbranched alkanes of at least 4 members (excludes halogenated alkanes) is 28. The lowest BCUT2D eigenvalue weighted by molar-refractivity contribution is 0.536. The standard InChI is InChI=1S/C24H51P.C16H35N/c1-4-7-10-13-16-19-22-25(23-20-17-14-11-8-5-2)24-21-18-15-12-9-6-3;1-2-3-4-5-6-7-8-9-10-11-12-13-14-15-16-17/h4-24H2,1-3H3;2-17H2,1H3. The van der Waals surface area contributed by atoms with Gasteiger partial charge in [-0.2, -0.15) is 0 Å². The first-order valence-electron chi connectivity index (χ1n) is 20.2. The average molecular weight is 612 g/mol. The third kappa shape index (κ3) is 42.5. The van der Waals surface area contributed by atoms with Crippen LogP contribution in [0.25, 0.3) is 0 Å². The molecule has 256 valence electrons. The third-order valence-electron chi connectivity index (χ3n) is 9.04. The van der Waals surface area contributed by atoms with Gasteiger partial charge in [-0.3, -0.25) is 0 Å². The van der Waals surface area contributed by atoms with Crippen LogP contribution in [0.4, 0.5) is 0 Å². The Morgan fingerprint density at radius 2 is 0.452 bits per heavy atom. The van der Waals surface area contributed by atoms with E-state index in [0.29, 0.717) is 7.92 Å². The summed E-state index contributed by atoms with van der Waals surface area (Å²) < 4.78 is 0. The predicted octanol–water partition coefficient (Wildman–Crippen LogP) is 15.0. The summed E-state index contributed by atoms with van der Waals surface area (Å²) in [4.78, 5) is 0. The highest BCUT2D eigenvalue weighted by molar-refractivity contribution is 7.57. The monoisotopic (exact) mass is 612 g/mol. The van der Waals surface area contributed by atoms with Gasteiger partial charge in [-0.25, -0.2) is 0 Å². The van der Waals surface area contributed by atoms with Gasteiger partial charge in [-0.15, -0.1) is 7.92 Å². The van der Waals surface area contributed by atoms with Crippen LogP contribution in [0.1, 0.15) is 233 Å². The van der Waals surface area contributed by atoms with Crippen LogP contribution in [0.3, 0.4) is 0 Å². The zero-order chi connectivity index (χ0) is 31.0. The van der Waals surface area contributed by atoms with E-state index in [-0.39, 0.29) is 0 Å². The predicted molar refractivity (Wildman–Crippen MR) is 201 cm³/mol.